The number of hydrogen-bond acceptors (Lipinski definition) is 6. The highest BCUT2D eigenvalue weighted by molar-refractivity contribution is 5.83. The number of ether oxygens (including phenoxy) is 1. The van der Waals surface area contributed by atoms with Crippen molar-refractivity contribution < 1.29 is 4.74 Å². The van der Waals surface area contributed by atoms with Crippen LogP contribution < -0.4 is 9.64 Å². The van der Waals surface area contributed by atoms with Crippen molar-refractivity contribution in [2.45, 2.75) is 32.4 Å². The second-order valence-corrected chi connectivity index (χ2v) is 9.42. The lowest BCUT2D eigenvalue weighted by molar-refractivity contribution is 0.221. The molecule has 0 radical (unpaired) electrons. The standard InChI is InChI=1S/C30H30N6O/c1-3-9-24(10-4-1)21-37-28-14-8-13-27(18-28)36(30-29-19-31-23-35(29)33-22-32-30)26-12-7-11-25(17-26)20-34-15-5-2-6-16-34/h1,3-4,7-14,17-19,22-23H,2,5-6,15-16,20-21H2. The number of imidazole rings is 1. The molecule has 3 heterocycles. The maximum atomic E-state index is 6.17. The third-order valence-electron chi connectivity index (χ3n) is 6.76. The van der Waals surface area contributed by atoms with E-state index in [0.717, 1.165) is 53.7 Å². The second-order valence-electron chi connectivity index (χ2n) is 9.42. The van der Waals surface area contributed by atoms with Crippen LogP contribution in [0, 0.1) is 0 Å². The molecule has 1 fully saturated rings. The quantitative estimate of drug-likeness (QED) is 0.260. The summed E-state index contributed by atoms with van der Waals surface area (Å²) in [5, 5.41) is 4.33. The molecule has 0 bridgehead atoms. The van der Waals surface area contributed by atoms with Gasteiger partial charge in [-0.25, -0.2) is 14.5 Å². The van der Waals surface area contributed by atoms with Gasteiger partial charge in [0, 0.05) is 18.3 Å². The minimum atomic E-state index is 0.510. The summed E-state index contributed by atoms with van der Waals surface area (Å²) in [5.74, 6) is 1.57. The molecule has 5 aromatic rings. The van der Waals surface area contributed by atoms with E-state index in [9.17, 15) is 0 Å². The summed E-state index contributed by atoms with van der Waals surface area (Å²) in [6.45, 7) is 3.79. The highest BCUT2D eigenvalue weighted by atomic mass is 16.5. The smallest absolute Gasteiger partial charge is 0.167 e. The average molecular weight is 491 g/mol. The van der Waals surface area contributed by atoms with Crippen molar-refractivity contribution in [2.24, 2.45) is 0 Å². The zero-order valence-corrected chi connectivity index (χ0v) is 20.8. The van der Waals surface area contributed by atoms with Crippen LogP contribution in [0.1, 0.15) is 30.4 Å². The van der Waals surface area contributed by atoms with Gasteiger partial charge in [0.25, 0.3) is 0 Å². The molecule has 0 saturated carbocycles. The monoisotopic (exact) mass is 490 g/mol. The lowest BCUT2D eigenvalue weighted by atomic mass is 10.1. The van der Waals surface area contributed by atoms with E-state index in [0.29, 0.717) is 6.61 Å². The summed E-state index contributed by atoms with van der Waals surface area (Å²) in [5.41, 5.74) is 5.25. The number of fused-ring (bicyclic) bond motifs is 1. The Bertz CT molecular complexity index is 1460. The fourth-order valence-electron chi connectivity index (χ4n) is 4.93. The SMILES string of the molecule is c1ccc(COc2cccc(N(c3cccc(CN4CCCCC4)c3)c3ncnn4cncc34)c2)cc1. The van der Waals surface area contributed by atoms with Crippen molar-refractivity contribution in [3.63, 3.8) is 0 Å². The highest BCUT2D eigenvalue weighted by Gasteiger charge is 2.19. The van der Waals surface area contributed by atoms with Crippen LogP contribution in [0.25, 0.3) is 5.52 Å². The van der Waals surface area contributed by atoms with Gasteiger partial charge in [-0.05, 0) is 61.3 Å². The lowest BCUT2D eigenvalue weighted by Crippen LogP contribution is -2.29. The van der Waals surface area contributed by atoms with Crippen molar-refractivity contribution in [2.75, 3.05) is 18.0 Å². The van der Waals surface area contributed by atoms with E-state index in [1.165, 1.54) is 24.8 Å². The molecular formula is C30H30N6O. The van der Waals surface area contributed by atoms with Crippen LogP contribution in [0.15, 0.2) is 97.7 Å². The summed E-state index contributed by atoms with van der Waals surface area (Å²) < 4.78 is 7.92. The predicted octanol–water partition coefficient (Wildman–Crippen LogP) is 6.16. The highest BCUT2D eigenvalue weighted by Crippen LogP contribution is 2.37. The van der Waals surface area contributed by atoms with Crippen LogP contribution in [-0.2, 0) is 13.2 Å². The minimum Gasteiger partial charge on any atom is -0.489 e. The first-order valence-electron chi connectivity index (χ1n) is 12.8. The van der Waals surface area contributed by atoms with Gasteiger partial charge in [-0.3, -0.25) is 9.80 Å². The molecule has 6 rings (SSSR count). The van der Waals surface area contributed by atoms with Crippen molar-refractivity contribution >= 4 is 22.7 Å². The van der Waals surface area contributed by atoms with Crippen LogP contribution in [0.5, 0.6) is 5.75 Å². The van der Waals surface area contributed by atoms with Crippen LogP contribution >= 0.6 is 0 Å². The van der Waals surface area contributed by atoms with Crippen LogP contribution in [0.2, 0.25) is 0 Å². The molecule has 1 aliphatic heterocycles. The fourth-order valence-corrected chi connectivity index (χ4v) is 4.93. The zero-order valence-electron chi connectivity index (χ0n) is 20.8. The first-order chi connectivity index (χ1) is 18.3. The summed E-state index contributed by atoms with van der Waals surface area (Å²) in [6.07, 6.45) is 8.97. The molecular weight excluding hydrogens is 460 g/mol. The Morgan fingerprint density at radius 1 is 0.811 bits per heavy atom. The van der Waals surface area contributed by atoms with Crippen molar-refractivity contribution in [3.8, 4) is 5.75 Å². The molecule has 7 heteroatoms. The van der Waals surface area contributed by atoms with E-state index in [1.54, 1.807) is 23.4 Å². The van der Waals surface area contributed by atoms with Gasteiger partial charge in [-0.2, -0.15) is 5.10 Å². The van der Waals surface area contributed by atoms with E-state index >= 15 is 0 Å². The zero-order chi connectivity index (χ0) is 24.9. The summed E-state index contributed by atoms with van der Waals surface area (Å²) in [4.78, 5) is 13.7. The Morgan fingerprint density at radius 3 is 2.46 bits per heavy atom. The second kappa shape index (κ2) is 10.8. The van der Waals surface area contributed by atoms with E-state index < -0.39 is 0 Å². The van der Waals surface area contributed by atoms with E-state index in [1.807, 2.05) is 30.3 Å². The Labute approximate surface area is 217 Å². The molecule has 186 valence electrons. The van der Waals surface area contributed by atoms with Crippen LogP contribution in [0.3, 0.4) is 0 Å². The molecule has 1 saturated heterocycles. The number of likely N-dealkylation sites (tertiary alicyclic amines) is 1. The molecule has 0 atom stereocenters. The number of aromatic nitrogens is 4. The lowest BCUT2D eigenvalue weighted by Gasteiger charge is -2.28. The predicted molar refractivity (Wildman–Crippen MR) is 145 cm³/mol. The number of anilines is 3. The molecule has 37 heavy (non-hydrogen) atoms. The first-order valence-corrected chi connectivity index (χ1v) is 12.8. The number of benzene rings is 3. The van der Waals surface area contributed by atoms with E-state index in [-0.39, 0.29) is 0 Å². The van der Waals surface area contributed by atoms with E-state index in [4.69, 9.17) is 9.72 Å². The van der Waals surface area contributed by atoms with Crippen molar-refractivity contribution in [1.29, 1.82) is 0 Å². The molecule has 0 spiro atoms. The van der Waals surface area contributed by atoms with Gasteiger partial charge in [0.2, 0.25) is 0 Å². The van der Waals surface area contributed by atoms with Gasteiger partial charge in [0.15, 0.2) is 5.82 Å². The van der Waals surface area contributed by atoms with Gasteiger partial charge in [0.1, 0.15) is 30.5 Å². The number of hydrogen-bond donors (Lipinski definition) is 0. The molecule has 7 nitrogen and oxygen atoms in total. The molecule has 0 N–H and O–H groups in total. The number of nitrogens with zero attached hydrogens (tertiary/aromatic N) is 6. The van der Waals surface area contributed by atoms with Crippen LogP contribution in [-0.4, -0.2) is 37.6 Å². The molecule has 3 aromatic carbocycles. The summed E-state index contributed by atoms with van der Waals surface area (Å²) >= 11 is 0. The average Bonchev–Trinajstić information content (AvgIpc) is 3.44. The topological polar surface area (TPSA) is 58.8 Å². The maximum Gasteiger partial charge on any atom is 0.167 e. The number of piperidine rings is 1. The Kier molecular flexibility index (Phi) is 6.77. The van der Waals surface area contributed by atoms with Crippen LogP contribution in [0.4, 0.5) is 17.2 Å². The largest absolute Gasteiger partial charge is 0.489 e. The first kappa shape index (κ1) is 23.2. The number of rotatable bonds is 8. The molecule has 0 aliphatic carbocycles. The van der Waals surface area contributed by atoms with E-state index in [2.05, 4.69) is 68.4 Å². The van der Waals surface area contributed by atoms with Gasteiger partial charge in [-0.1, -0.05) is 55.0 Å². The van der Waals surface area contributed by atoms with Gasteiger partial charge in [0.05, 0.1) is 11.9 Å². The third kappa shape index (κ3) is 5.32. The fraction of sp³-hybridized carbons (Fsp3) is 0.233. The maximum absolute atomic E-state index is 6.17. The Morgan fingerprint density at radius 2 is 1.59 bits per heavy atom. The van der Waals surface area contributed by atoms with Crippen molar-refractivity contribution in [3.05, 3.63) is 109 Å². The molecule has 2 aromatic heterocycles. The third-order valence-corrected chi connectivity index (χ3v) is 6.76. The Hall–Kier alpha value is -4.23. The van der Waals surface area contributed by atoms with Gasteiger partial charge >= 0.3 is 0 Å². The molecule has 1 aliphatic rings. The van der Waals surface area contributed by atoms with Gasteiger partial charge < -0.3 is 4.74 Å². The van der Waals surface area contributed by atoms with Crippen molar-refractivity contribution in [1.82, 2.24) is 24.5 Å². The van der Waals surface area contributed by atoms with Gasteiger partial charge in [-0.15, -0.1) is 0 Å². The normalized spacial score (nSPS) is 14.1. The summed E-state index contributed by atoms with van der Waals surface area (Å²) in [7, 11) is 0. The molecule has 0 unspecified atom stereocenters. The minimum absolute atomic E-state index is 0.510. The Balaban J connectivity index is 1.36. The summed E-state index contributed by atoms with van der Waals surface area (Å²) in [6, 6.07) is 27.1. The molecule has 0 amide bonds.